The Kier molecular flexibility index (Phi) is 2.28. The van der Waals surface area contributed by atoms with Crippen molar-refractivity contribution in [2.75, 3.05) is 6.61 Å². The molecule has 0 aromatic heterocycles. The van der Waals surface area contributed by atoms with Gasteiger partial charge in [-0.2, -0.15) is 8.78 Å². The molecule has 0 atom stereocenters. The number of rotatable bonds is 1. The summed E-state index contributed by atoms with van der Waals surface area (Å²) >= 11 is 0. The van der Waals surface area contributed by atoms with E-state index in [0.717, 1.165) is 6.07 Å². The van der Waals surface area contributed by atoms with Crippen molar-refractivity contribution in [3.63, 3.8) is 0 Å². The average Bonchev–Trinajstić information content (AvgIpc) is 2.15. The van der Waals surface area contributed by atoms with Crippen LogP contribution in [0.2, 0.25) is 0 Å². The van der Waals surface area contributed by atoms with Crippen LogP contribution in [0, 0.1) is 0 Å². The van der Waals surface area contributed by atoms with Gasteiger partial charge in [0.2, 0.25) is 0 Å². The fourth-order valence-corrected chi connectivity index (χ4v) is 1.24. The third-order valence-electron chi connectivity index (χ3n) is 1.92. The Balaban J connectivity index is 2.35. The molecule has 0 bridgehead atoms. The van der Waals surface area contributed by atoms with Gasteiger partial charge in [-0.25, -0.2) is 0 Å². The molecule has 1 aliphatic rings. The summed E-state index contributed by atoms with van der Waals surface area (Å²) in [6, 6.07) is 3.81. The Morgan fingerprint density at radius 2 is 2.00 bits per heavy atom. The van der Waals surface area contributed by atoms with Crippen molar-refractivity contribution in [2.24, 2.45) is 0 Å². The maximum Gasteiger partial charge on any atom is 0.488 e. The van der Waals surface area contributed by atoms with Gasteiger partial charge in [-0.1, -0.05) is 6.07 Å². The zero-order valence-electron chi connectivity index (χ0n) is 7.48. The van der Waals surface area contributed by atoms with Gasteiger partial charge in [-0.3, -0.25) is 0 Å². The van der Waals surface area contributed by atoms with E-state index in [9.17, 15) is 8.78 Å². The quantitative estimate of drug-likeness (QED) is 0.634. The highest BCUT2D eigenvalue weighted by Gasteiger charge is 2.38. The first-order valence-electron chi connectivity index (χ1n) is 4.18. The molecular formula is C8H7BF2O4. The van der Waals surface area contributed by atoms with Gasteiger partial charge in [-0.05, 0) is 17.6 Å². The van der Waals surface area contributed by atoms with Crippen LogP contribution in [0.5, 0.6) is 11.5 Å². The van der Waals surface area contributed by atoms with Gasteiger partial charge < -0.3 is 19.5 Å². The third kappa shape index (κ3) is 2.03. The Morgan fingerprint density at radius 1 is 1.27 bits per heavy atom. The second kappa shape index (κ2) is 3.35. The van der Waals surface area contributed by atoms with E-state index in [0.29, 0.717) is 0 Å². The summed E-state index contributed by atoms with van der Waals surface area (Å²) in [7, 11) is -1.73. The van der Waals surface area contributed by atoms with Gasteiger partial charge in [0.25, 0.3) is 0 Å². The highest BCUT2D eigenvalue weighted by atomic mass is 19.3. The predicted octanol–water partition coefficient (Wildman–Crippen LogP) is -0.270. The molecule has 1 aromatic rings. The minimum Gasteiger partial charge on any atom is -0.479 e. The molecule has 7 heteroatoms. The van der Waals surface area contributed by atoms with Crippen molar-refractivity contribution in [3.8, 4) is 11.5 Å². The van der Waals surface area contributed by atoms with Gasteiger partial charge >= 0.3 is 13.2 Å². The molecule has 0 unspecified atom stereocenters. The summed E-state index contributed by atoms with van der Waals surface area (Å²) in [5.74, 6) is -0.0397. The number of fused-ring (bicyclic) bond motifs is 1. The molecule has 0 radical (unpaired) electrons. The van der Waals surface area contributed by atoms with Crippen LogP contribution in [0.15, 0.2) is 18.2 Å². The number of ether oxygens (including phenoxy) is 2. The van der Waals surface area contributed by atoms with Crippen molar-refractivity contribution in [3.05, 3.63) is 18.2 Å². The van der Waals surface area contributed by atoms with Crippen LogP contribution in [0.1, 0.15) is 0 Å². The average molecular weight is 216 g/mol. The molecule has 0 saturated heterocycles. The molecular weight excluding hydrogens is 209 g/mol. The highest BCUT2D eigenvalue weighted by Crippen LogP contribution is 2.35. The van der Waals surface area contributed by atoms with Gasteiger partial charge in [0.1, 0.15) is 0 Å². The minimum absolute atomic E-state index is 0.0649. The van der Waals surface area contributed by atoms with Gasteiger partial charge in [0.15, 0.2) is 18.1 Å². The van der Waals surface area contributed by atoms with E-state index >= 15 is 0 Å². The number of hydrogen-bond acceptors (Lipinski definition) is 4. The van der Waals surface area contributed by atoms with Gasteiger partial charge in [-0.15, -0.1) is 0 Å². The molecule has 0 saturated carbocycles. The molecule has 2 rings (SSSR count). The molecule has 1 heterocycles. The van der Waals surface area contributed by atoms with E-state index in [-0.39, 0.29) is 17.0 Å². The van der Waals surface area contributed by atoms with Crippen molar-refractivity contribution in [1.82, 2.24) is 0 Å². The van der Waals surface area contributed by atoms with Gasteiger partial charge in [0, 0.05) is 0 Å². The summed E-state index contributed by atoms with van der Waals surface area (Å²) in [5, 5.41) is 17.7. The Morgan fingerprint density at radius 3 is 2.67 bits per heavy atom. The lowest BCUT2D eigenvalue weighted by Gasteiger charge is -2.25. The first kappa shape index (κ1) is 10.2. The number of halogens is 2. The number of benzene rings is 1. The fourth-order valence-electron chi connectivity index (χ4n) is 1.24. The lowest BCUT2D eigenvalue weighted by molar-refractivity contribution is -0.208. The normalized spacial score (nSPS) is 17.3. The van der Waals surface area contributed by atoms with Crippen molar-refractivity contribution < 1.29 is 28.3 Å². The first-order valence-corrected chi connectivity index (χ1v) is 4.18. The van der Waals surface area contributed by atoms with Crippen LogP contribution in [0.4, 0.5) is 8.78 Å². The molecule has 0 spiro atoms. The van der Waals surface area contributed by atoms with E-state index in [1.165, 1.54) is 12.1 Å². The monoisotopic (exact) mass is 216 g/mol. The summed E-state index contributed by atoms with van der Waals surface area (Å²) in [4.78, 5) is 0. The third-order valence-corrected chi connectivity index (χ3v) is 1.92. The van der Waals surface area contributed by atoms with Crippen molar-refractivity contribution in [2.45, 2.75) is 6.11 Å². The summed E-state index contributed by atoms with van der Waals surface area (Å²) in [5.41, 5.74) is 0.0649. The smallest absolute Gasteiger partial charge is 0.479 e. The summed E-state index contributed by atoms with van der Waals surface area (Å²) in [6.45, 7) is -0.846. The molecule has 15 heavy (non-hydrogen) atoms. The maximum atomic E-state index is 12.7. The van der Waals surface area contributed by atoms with Crippen LogP contribution < -0.4 is 14.9 Å². The molecule has 4 nitrogen and oxygen atoms in total. The first-order chi connectivity index (χ1) is 6.98. The second-order valence-corrected chi connectivity index (χ2v) is 3.11. The zero-order chi connectivity index (χ0) is 11.1. The van der Waals surface area contributed by atoms with Crippen LogP contribution in [0.3, 0.4) is 0 Å². The highest BCUT2D eigenvalue weighted by molar-refractivity contribution is 6.58. The molecule has 0 fully saturated rings. The topological polar surface area (TPSA) is 58.9 Å². The maximum absolute atomic E-state index is 12.7. The Labute approximate surface area is 84.2 Å². The largest absolute Gasteiger partial charge is 0.488 e. The molecule has 0 amide bonds. The van der Waals surface area contributed by atoms with Crippen LogP contribution >= 0.6 is 0 Å². The molecule has 80 valence electrons. The number of alkyl halides is 2. The van der Waals surface area contributed by atoms with Crippen LogP contribution in [0.25, 0.3) is 0 Å². The standard InChI is InChI=1S/C8H7BF2O4/c10-8(11)4-14-6-2-1-5(9(12)13)3-7(6)15-8/h1-3,12-13H,4H2. The lowest BCUT2D eigenvalue weighted by Crippen LogP contribution is -2.37. The summed E-state index contributed by atoms with van der Waals surface area (Å²) < 4.78 is 34.6. The van der Waals surface area contributed by atoms with Crippen LogP contribution in [-0.4, -0.2) is 29.9 Å². The Bertz CT molecular complexity index is 383. The SMILES string of the molecule is OB(O)c1ccc2c(c1)OC(F)(F)CO2. The molecule has 0 aliphatic carbocycles. The van der Waals surface area contributed by atoms with Crippen molar-refractivity contribution in [1.29, 1.82) is 0 Å². The zero-order valence-corrected chi connectivity index (χ0v) is 7.48. The lowest BCUT2D eigenvalue weighted by atomic mass is 9.80. The predicted molar refractivity (Wildman–Crippen MR) is 47.3 cm³/mol. The molecule has 1 aromatic carbocycles. The van der Waals surface area contributed by atoms with Crippen LogP contribution in [-0.2, 0) is 0 Å². The fraction of sp³-hybridized carbons (Fsp3) is 0.250. The van der Waals surface area contributed by atoms with Crippen molar-refractivity contribution >= 4 is 12.6 Å². The van der Waals surface area contributed by atoms with E-state index in [1.54, 1.807) is 0 Å². The van der Waals surface area contributed by atoms with E-state index < -0.39 is 19.8 Å². The van der Waals surface area contributed by atoms with E-state index in [1.807, 2.05) is 0 Å². The van der Waals surface area contributed by atoms with E-state index in [4.69, 9.17) is 14.8 Å². The second-order valence-electron chi connectivity index (χ2n) is 3.11. The van der Waals surface area contributed by atoms with E-state index in [2.05, 4.69) is 4.74 Å². The molecule has 1 aliphatic heterocycles. The molecule has 2 N–H and O–H groups in total. The minimum atomic E-state index is -3.38. The number of hydrogen-bond donors (Lipinski definition) is 2. The summed E-state index contributed by atoms with van der Waals surface area (Å²) in [6.07, 6.45) is -3.38. The Hall–Kier alpha value is -1.34. The van der Waals surface area contributed by atoms with Gasteiger partial charge in [0.05, 0.1) is 0 Å².